The second kappa shape index (κ2) is 7.99. The number of nitrogens with one attached hydrogen (secondary N) is 1. The third-order valence-corrected chi connectivity index (χ3v) is 4.24. The van der Waals surface area contributed by atoms with Gasteiger partial charge in [-0.2, -0.15) is 8.78 Å². The number of carbonyl (C=O) groups excluding carboxylic acids is 1. The lowest BCUT2D eigenvalue weighted by Gasteiger charge is -2.28. The predicted molar refractivity (Wildman–Crippen MR) is 102 cm³/mol. The molecule has 0 saturated carbocycles. The van der Waals surface area contributed by atoms with Gasteiger partial charge in [0.15, 0.2) is 0 Å². The number of hydrogen-bond acceptors (Lipinski definition) is 3. The minimum atomic E-state index is -3.66. The molecule has 0 aliphatic carbocycles. The van der Waals surface area contributed by atoms with E-state index in [9.17, 15) is 4.79 Å². The predicted octanol–water partition coefficient (Wildman–Crippen LogP) is 5.37. The highest BCUT2D eigenvalue weighted by Gasteiger charge is 2.48. The van der Waals surface area contributed by atoms with Gasteiger partial charge in [0.05, 0.1) is 7.11 Å². The third-order valence-electron chi connectivity index (χ3n) is 4.24. The third kappa shape index (κ3) is 4.14. The van der Waals surface area contributed by atoms with Gasteiger partial charge in [-0.15, -0.1) is 0 Å². The number of rotatable bonds is 7. The molecule has 1 unspecified atom stereocenters. The van der Waals surface area contributed by atoms with Crippen LogP contribution in [0.25, 0.3) is 0 Å². The number of Topliss-reactive ketones (excluding diaryl/α,β-unsaturated/α-hetero) is 1. The van der Waals surface area contributed by atoms with E-state index in [1.807, 2.05) is 0 Å². The fourth-order valence-electron chi connectivity index (χ4n) is 2.79. The van der Waals surface area contributed by atoms with E-state index < -0.39 is 17.7 Å². The Labute approximate surface area is 156 Å². The van der Waals surface area contributed by atoms with E-state index >= 15 is 8.78 Å². The Bertz CT molecular complexity index is 881. The molecule has 27 heavy (non-hydrogen) atoms. The van der Waals surface area contributed by atoms with Crippen molar-refractivity contribution in [1.29, 1.82) is 0 Å². The number of benzene rings is 3. The van der Waals surface area contributed by atoms with Crippen molar-refractivity contribution in [2.24, 2.45) is 0 Å². The number of hydrogen-bond donors (Lipinski definition) is 1. The SMILES string of the molecule is COc1ccc(C(Nc2ccccc2)C(F)(F)C(=O)c2ccccc2)cc1. The van der Waals surface area contributed by atoms with Crippen LogP contribution >= 0.6 is 0 Å². The average Bonchev–Trinajstić information content (AvgIpc) is 2.73. The normalized spacial score (nSPS) is 12.3. The lowest BCUT2D eigenvalue weighted by atomic mass is 9.93. The maximum atomic E-state index is 15.3. The standard InChI is InChI=1S/C22H19F2NO2/c1-27-19-14-12-16(13-15-19)20(25-18-10-6-3-7-11-18)22(23,24)21(26)17-8-4-2-5-9-17/h2-15,20,25H,1H3. The summed E-state index contributed by atoms with van der Waals surface area (Å²) in [5.74, 6) is -4.34. The molecule has 0 aliphatic heterocycles. The van der Waals surface area contributed by atoms with Gasteiger partial charge in [0.25, 0.3) is 0 Å². The number of halogens is 2. The van der Waals surface area contributed by atoms with E-state index in [4.69, 9.17) is 4.74 Å². The number of methoxy groups -OCH3 is 1. The van der Waals surface area contributed by atoms with Gasteiger partial charge < -0.3 is 10.1 Å². The van der Waals surface area contributed by atoms with E-state index in [2.05, 4.69) is 5.32 Å². The monoisotopic (exact) mass is 367 g/mol. The second-order valence-corrected chi connectivity index (χ2v) is 6.03. The molecule has 0 saturated heterocycles. The molecule has 0 spiro atoms. The van der Waals surface area contributed by atoms with Gasteiger partial charge in [0.2, 0.25) is 5.78 Å². The maximum Gasteiger partial charge on any atom is 0.333 e. The molecule has 3 aromatic rings. The minimum absolute atomic E-state index is 0.0316. The molecule has 0 amide bonds. The molecule has 0 heterocycles. The van der Waals surface area contributed by atoms with Crippen LogP contribution in [0.3, 0.4) is 0 Å². The minimum Gasteiger partial charge on any atom is -0.497 e. The Balaban J connectivity index is 2.00. The van der Waals surface area contributed by atoms with Gasteiger partial charge in [-0.3, -0.25) is 4.79 Å². The van der Waals surface area contributed by atoms with Gasteiger partial charge in [-0.1, -0.05) is 60.7 Å². The molecule has 0 aliphatic rings. The smallest absolute Gasteiger partial charge is 0.333 e. The summed E-state index contributed by atoms with van der Waals surface area (Å²) < 4.78 is 35.7. The molecule has 1 N–H and O–H groups in total. The number of carbonyl (C=O) groups is 1. The van der Waals surface area contributed by atoms with Crippen LogP contribution in [0, 0.1) is 0 Å². The summed E-state index contributed by atoms with van der Waals surface area (Å²) in [6, 6.07) is 21.0. The largest absolute Gasteiger partial charge is 0.497 e. The molecule has 0 aromatic heterocycles. The van der Waals surface area contributed by atoms with Crippen LogP contribution in [0.4, 0.5) is 14.5 Å². The van der Waals surface area contributed by atoms with Crippen molar-refractivity contribution in [3.8, 4) is 5.75 Å². The van der Waals surface area contributed by atoms with Crippen LogP contribution in [0.15, 0.2) is 84.9 Å². The van der Waals surface area contributed by atoms with Crippen molar-refractivity contribution in [3.63, 3.8) is 0 Å². The van der Waals surface area contributed by atoms with E-state index in [0.29, 0.717) is 11.4 Å². The summed E-state index contributed by atoms with van der Waals surface area (Å²) in [5, 5.41) is 2.81. The summed E-state index contributed by atoms with van der Waals surface area (Å²) in [7, 11) is 1.50. The number of ether oxygens (including phenoxy) is 1. The van der Waals surface area contributed by atoms with Gasteiger partial charge in [0, 0.05) is 11.3 Å². The van der Waals surface area contributed by atoms with Crippen molar-refractivity contribution < 1.29 is 18.3 Å². The van der Waals surface area contributed by atoms with E-state index in [1.54, 1.807) is 60.7 Å². The van der Waals surface area contributed by atoms with Crippen molar-refractivity contribution in [3.05, 3.63) is 96.1 Å². The van der Waals surface area contributed by atoms with Crippen LogP contribution in [-0.2, 0) is 0 Å². The van der Waals surface area contributed by atoms with Crippen LogP contribution in [-0.4, -0.2) is 18.8 Å². The molecule has 1 atom stereocenters. The number of anilines is 1. The Morgan fingerprint density at radius 1 is 0.889 bits per heavy atom. The second-order valence-electron chi connectivity index (χ2n) is 6.03. The van der Waals surface area contributed by atoms with Crippen LogP contribution < -0.4 is 10.1 Å². The zero-order chi connectivity index (χ0) is 19.3. The first-order valence-electron chi connectivity index (χ1n) is 8.45. The van der Waals surface area contributed by atoms with Crippen molar-refractivity contribution in [2.75, 3.05) is 12.4 Å². The molecule has 138 valence electrons. The first-order chi connectivity index (χ1) is 13.0. The van der Waals surface area contributed by atoms with Crippen molar-refractivity contribution in [2.45, 2.75) is 12.0 Å². The number of alkyl halides is 2. The van der Waals surface area contributed by atoms with Crippen molar-refractivity contribution in [1.82, 2.24) is 0 Å². The molecule has 5 heteroatoms. The maximum absolute atomic E-state index is 15.3. The van der Waals surface area contributed by atoms with Gasteiger partial charge in [-0.25, -0.2) is 0 Å². The van der Waals surface area contributed by atoms with Crippen LogP contribution in [0.1, 0.15) is 22.0 Å². The highest BCUT2D eigenvalue weighted by atomic mass is 19.3. The summed E-state index contributed by atoms with van der Waals surface area (Å²) in [5.41, 5.74) is 0.753. The zero-order valence-corrected chi connectivity index (χ0v) is 14.7. The van der Waals surface area contributed by atoms with Crippen molar-refractivity contribution >= 4 is 11.5 Å². The number of ketones is 1. The average molecular weight is 367 g/mol. The molecular weight excluding hydrogens is 348 g/mol. The lowest BCUT2D eigenvalue weighted by Crippen LogP contribution is -2.40. The first kappa shape index (κ1) is 18.6. The lowest BCUT2D eigenvalue weighted by molar-refractivity contribution is -0.00269. The molecular formula is C22H19F2NO2. The van der Waals surface area contributed by atoms with Gasteiger partial charge in [-0.05, 0) is 29.8 Å². The number of para-hydroxylation sites is 1. The fourth-order valence-corrected chi connectivity index (χ4v) is 2.79. The molecule has 3 nitrogen and oxygen atoms in total. The van der Waals surface area contributed by atoms with Gasteiger partial charge in [0.1, 0.15) is 11.8 Å². The molecule has 0 bridgehead atoms. The fraction of sp³-hybridized carbons (Fsp3) is 0.136. The highest BCUT2D eigenvalue weighted by molar-refractivity contribution is 6.02. The Hall–Kier alpha value is -3.21. The molecule has 3 aromatic carbocycles. The Kier molecular flexibility index (Phi) is 5.50. The van der Waals surface area contributed by atoms with E-state index in [-0.39, 0.29) is 11.1 Å². The summed E-state index contributed by atoms with van der Waals surface area (Å²) >= 11 is 0. The molecule has 0 radical (unpaired) electrons. The van der Waals surface area contributed by atoms with Crippen LogP contribution in [0.2, 0.25) is 0 Å². The highest BCUT2D eigenvalue weighted by Crippen LogP contribution is 2.37. The van der Waals surface area contributed by atoms with Crippen LogP contribution in [0.5, 0.6) is 5.75 Å². The Morgan fingerprint density at radius 2 is 1.44 bits per heavy atom. The van der Waals surface area contributed by atoms with E-state index in [1.165, 1.54) is 31.4 Å². The summed E-state index contributed by atoms with van der Waals surface area (Å²) in [6.07, 6.45) is 0. The summed E-state index contributed by atoms with van der Waals surface area (Å²) in [4.78, 5) is 12.6. The Morgan fingerprint density at radius 3 is 2.00 bits per heavy atom. The van der Waals surface area contributed by atoms with E-state index in [0.717, 1.165) is 0 Å². The first-order valence-corrected chi connectivity index (χ1v) is 8.45. The molecule has 3 rings (SSSR count). The topological polar surface area (TPSA) is 38.3 Å². The summed E-state index contributed by atoms with van der Waals surface area (Å²) in [6.45, 7) is 0. The quantitative estimate of drug-likeness (QED) is 0.571. The zero-order valence-electron chi connectivity index (χ0n) is 14.7. The molecule has 0 fully saturated rings. The van der Waals surface area contributed by atoms with Gasteiger partial charge >= 0.3 is 5.92 Å².